The molecule has 2 unspecified atom stereocenters. The summed E-state index contributed by atoms with van der Waals surface area (Å²) in [4.78, 5) is 3.90. The fourth-order valence-corrected chi connectivity index (χ4v) is 3.45. The van der Waals surface area contributed by atoms with Crippen molar-refractivity contribution in [2.45, 2.75) is 31.0 Å². The zero-order valence-electron chi connectivity index (χ0n) is 16.5. The second kappa shape index (κ2) is 8.47. The van der Waals surface area contributed by atoms with Crippen LogP contribution in [-0.4, -0.2) is 36.8 Å². The van der Waals surface area contributed by atoms with Gasteiger partial charge in [0.15, 0.2) is 5.60 Å². The molecule has 0 aromatic heterocycles. The van der Waals surface area contributed by atoms with E-state index in [4.69, 9.17) is 4.74 Å². The van der Waals surface area contributed by atoms with Gasteiger partial charge in [0, 0.05) is 18.3 Å². The molecule has 1 heterocycles. The number of rotatable bonds is 6. The quantitative estimate of drug-likeness (QED) is 0.480. The fourth-order valence-electron chi connectivity index (χ4n) is 3.45. The Morgan fingerprint density at radius 3 is 2.67 bits per heavy atom. The van der Waals surface area contributed by atoms with E-state index >= 15 is 0 Å². The molecule has 2 aromatic rings. The number of anilines is 1. The lowest BCUT2D eigenvalue weighted by Gasteiger charge is -2.30. The molecule has 2 aromatic carbocycles. The number of fused-ring (bicyclic) bond motifs is 1. The molecule has 4 nitrogen and oxygen atoms in total. The van der Waals surface area contributed by atoms with Crippen molar-refractivity contribution in [3.8, 4) is 5.75 Å². The summed E-state index contributed by atoms with van der Waals surface area (Å²) in [5.41, 5.74) is -2.00. The number of benzene rings is 2. The highest BCUT2D eigenvalue weighted by molar-refractivity contribution is 5.83. The summed E-state index contributed by atoms with van der Waals surface area (Å²) in [6, 6.07) is 9.12. The third-order valence-corrected chi connectivity index (χ3v) is 5.05. The van der Waals surface area contributed by atoms with Crippen LogP contribution in [0.2, 0.25) is 0 Å². The van der Waals surface area contributed by atoms with Gasteiger partial charge in [-0.25, -0.2) is 4.39 Å². The van der Waals surface area contributed by atoms with Crippen LogP contribution in [0.15, 0.2) is 47.5 Å². The van der Waals surface area contributed by atoms with Gasteiger partial charge in [-0.1, -0.05) is 37.3 Å². The third kappa shape index (κ3) is 4.33. The molecule has 0 aliphatic carbocycles. The zero-order valence-corrected chi connectivity index (χ0v) is 16.5. The highest BCUT2D eigenvalue weighted by Crippen LogP contribution is 2.40. The molecule has 0 radical (unpaired) electrons. The van der Waals surface area contributed by atoms with Gasteiger partial charge >= 0.3 is 6.18 Å². The van der Waals surface area contributed by atoms with Crippen LogP contribution in [0.4, 0.5) is 28.9 Å². The molecule has 0 fully saturated rings. The van der Waals surface area contributed by atoms with Gasteiger partial charge in [0.2, 0.25) is 0 Å². The van der Waals surface area contributed by atoms with Crippen molar-refractivity contribution in [2.24, 2.45) is 4.99 Å². The van der Waals surface area contributed by atoms with Crippen molar-refractivity contribution in [1.82, 2.24) is 0 Å². The van der Waals surface area contributed by atoms with Gasteiger partial charge in [-0.15, -0.1) is 0 Å². The van der Waals surface area contributed by atoms with Crippen LogP contribution in [0.1, 0.15) is 30.4 Å². The van der Waals surface area contributed by atoms with Crippen molar-refractivity contribution in [2.75, 3.05) is 19.0 Å². The number of para-hydroxylation sites is 1. The van der Waals surface area contributed by atoms with Gasteiger partial charge in [0.05, 0.1) is 18.5 Å². The summed E-state index contributed by atoms with van der Waals surface area (Å²) in [5, 5.41) is 13.4. The molecule has 8 heteroatoms. The number of hydrogen-bond donors (Lipinski definition) is 2. The van der Waals surface area contributed by atoms with Gasteiger partial charge in [-0.2, -0.15) is 13.2 Å². The zero-order chi connectivity index (χ0) is 21.9. The van der Waals surface area contributed by atoms with E-state index in [-0.39, 0.29) is 11.4 Å². The Hall–Kier alpha value is -2.87. The van der Waals surface area contributed by atoms with E-state index < -0.39 is 29.9 Å². The maximum Gasteiger partial charge on any atom is 0.422 e. The molecule has 1 aliphatic heterocycles. The van der Waals surface area contributed by atoms with Crippen LogP contribution < -0.4 is 10.1 Å². The Morgan fingerprint density at radius 1 is 1.23 bits per heavy atom. The predicted octanol–water partition coefficient (Wildman–Crippen LogP) is 5.46. The van der Waals surface area contributed by atoms with E-state index in [0.29, 0.717) is 29.6 Å². The lowest BCUT2D eigenvalue weighted by atomic mass is 9.86. The van der Waals surface area contributed by atoms with Crippen LogP contribution in [0.3, 0.4) is 0 Å². The summed E-state index contributed by atoms with van der Waals surface area (Å²) < 4.78 is 60.6. The number of halogens is 4. The SMILES string of the molecule is COc1ccccc1C(C)CC(O)(C=Nc1ccc(F)c2c1C=CCN2)C(F)(F)F. The van der Waals surface area contributed by atoms with Gasteiger partial charge in [0.1, 0.15) is 11.6 Å². The van der Waals surface area contributed by atoms with Gasteiger partial charge in [-0.3, -0.25) is 4.99 Å². The van der Waals surface area contributed by atoms with Crippen molar-refractivity contribution >= 4 is 23.7 Å². The monoisotopic (exact) mass is 422 g/mol. The molecule has 0 bridgehead atoms. The van der Waals surface area contributed by atoms with Crippen LogP contribution in [0.5, 0.6) is 5.75 Å². The number of alkyl halides is 3. The number of aliphatic imine (C=N–C) groups is 1. The molecular weight excluding hydrogens is 400 g/mol. The van der Waals surface area contributed by atoms with Crippen LogP contribution in [0.25, 0.3) is 6.08 Å². The van der Waals surface area contributed by atoms with Crippen LogP contribution >= 0.6 is 0 Å². The number of aliphatic hydroxyl groups is 1. The molecule has 160 valence electrons. The maximum absolute atomic E-state index is 14.0. The Morgan fingerprint density at radius 2 is 1.97 bits per heavy atom. The molecule has 0 saturated heterocycles. The maximum atomic E-state index is 14.0. The summed E-state index contributed by atoms with van der Waals surface area (Å²) in [7, 11) is 1.43. The highest BCUT2D eigenvalue weighted by Gasteiger charge is 2.53. The Labute approximate surface area is 171 Å². The normalized spacial score (nSPS) is 16.6. The first-order valence-corrected chi connectivity index (χ1v) is 9.36. The standard InChI is InChI=1S/C22H22F4N2O2/c1-14(15-6-3-4-8-19(15)30-2)12-21(29,22(24,25)26)13-28-18-10-9-17(23)20-16(18)7-5-11-27-20/h3-10,13-14,27,29H,11-12H2,1-2H3. The molecule has 0 amide bonds. The van der Waals surface area contributed by atoms with Crippen molar-refractivity contribution < 1.29 is 27.4 Å². The van der Waals surface area contributed by atoms with Crippen LogP contribution in [0, 0.1) is 5.82 Å². The summed E-state index contributed by atoms with van der Waals surface area (Å²) in [6.07, 6.45) is -1.82. The first-order valence-electron chi connectivity index (χ1n) is 9.36. The first-order chi connectivity index (χ1) is 14.2. The molecule has 30 heavy (non-hydrogen) atoms. The number of methoxy groups -OCH3 is 1. The molecule has 0 spiro atoms. The van der Waals surface area contributed by atoms with Crippen molar-refractivity contribution in [3.63, 3.8) is 0 Å². The minimum atomic E-state index is -4.96. The molecule has 3 rings (SSSR count). The Balaban J connectivity index is 1.95. The van der Waals surface area contributed by atoms with E-state index in [2.05, 4.69) is 10.3 Å². The first kappa shape index (κ1) is 21.8. The van der Waals surface area contributed by atoms with E-state index in [9.17, 15) is 22.7 Å². The number of ether oxygens (including phenoxy) is 1. The van der Waals surface area contributed by atoms with E-state index in [1.165, 1.54) is 13.2 Å². The second-order valence-electron chi connectivity index (χ2n) is 7.17. The topological polar surface area (TPSA) is 53.9 Å². The number of nitrogens with zero attached hydrogens (tertiary/aromatic N) is 1. The largest absolute Gasteiger partial charge is 0.496 e. The summed E-state index contributed by atoms with van der Waals surface area (Å²) in [5.74, 6) is -0.762. The van der Waals surface area contributed by atoms with Gasteiger partial charge in [0.25, 0.3) is 0 Å². The van der Waals surface area contributed by atoms with E-state index in [0.717, 1.165) is 6.07 Å². The smallest absolute Gasteiger partial charge is 0.422 e. The third-order valence-electron chi connectivity index (χ3n) is 5.05. The van der Waals surface area contributed by atoms with Crippen LogP contribution in [-0.2, 0) is 0 Å². The Kier molecular flexibility index (Phi) is 6.17. The average molecular weight is 422 g/mol. The fraction of sp³-hybridized carbons (Fsp3) is 0.318. The Bertz CT molecular complexity index is 972. The molecule has 1 aliphatic rings. The second-order valence-corrected chi connectivity index (χ2v) is 7.17. The highest BCUT2D eigenvalue weighted by atomic mass is 19.4. The predicted molar refractivity (Wildman–Crippen MR) is 109 cm³/mol. The molecule has 2 atom stereocenters. The van der Waals surface area contributed by atoms with Gasteiger partial charge in [-0.05, 0) is 36.1 Å². The van der Waals surface area contributed by atoms with E-state index in [1.807, 2.05) is 0 Å². The molecule has 2 N–H and O–H groups in total. The number of hydrogen-bond acceptors (Lipinski definition) is 4. The van der Waals surface area contributed by atoms with Crippen molar-refractivity contribution in [3.05, 3.63) is 59.4 Å². The average Bonchev–Trinajstić information content (AvgIpc) is 2.72. The minimum absolute atomic E-state index is 0.127. The minimum Gasteiger partial charge on any atom is -0.496 e. The lowest BCUT2D eigenvalue weighted by molar-refractivity contribution is -0.231. The number of nitrogens with one attached hydrogen (secondary N) is 1. The molecule has 0 saturated carbocycles. The summed E-state index contributed by atoms with van der Waals surface area (Å²) in [6.45, 7) is 1.98. The summed E-state index contributed by atoms with van der Waals surface area (Å²) >= 11 is 0. The lowest BCUT2D eigenvalue weighted by Crippen LogP contribution is -2.47. The van der Waals surface area contributed by atoms with E-state index in [1.54, 1.807) is 43.3 Å². The molecular formula is C22H22F4N2O2. The van der Waals surface area contributed by atoms with Gasteiger partial charge < -0.3 is 15.2 Å². The van der Waals surface area contributed by atoms with Crippen molar-refractivity contribution in [1.29, 1.82) is 0 Å².